The zero-order valence-electron chi connectivity index (χ0n) is 10.9. The summed E-state index contributed by atoms with van der Waals surface area (Å²) >= 11 is 0. The molecule has 4 nitrogen and oxygen atoms in total. The van der Waals surface area contributed by atoms with Crippen molar-refractivity contribution >= 4 is 21.4 Å². The van der Waals surface area contributed by atoms with Crippen LogP contribution in [-0.2, 0) is 10.0 Å². The van der Waals surface area contributed by atoms with E-state index in [1.165, 1.54) is 30.3 Å². The number of rotatable bonds is 5. The maximum absolute atomic E-state index is 12.8. The van der Waals surface area contributed by atoms with Crippen LogP contribution in [0.3, 0.4) is 0 Å². The Kier molecular flexibility index (Phi) is 4.24. The van der Waals surface area contributed by atoms with E-state index in [2.05, 4.69) is 10.0 Å². The van der Waals surface area contributed by atoms with Crippen molar-refractivity contribution in [1.82, 2.24) is 0 Å². The third-order valence-corrected chi connectivity index (χ3v) is 4.08. The van der Waals surface area contributed by atoms with E-state index in [1.807, 2.05) is 6.92 Å². The highest BCUT2D eigenvalue weighted by atomic mass is 32.2. The van der Waals surface area contributed by atoms with Crippen LogP contribution in [0.4, 0.5) is 15.8 Å². The molecule has 2 aromatic rings. The molecule has 0 fully saturated rings. The number of sulfonamides is 1. The number of hydrogen-bond donors (Lipinski definition) is 2. The van der Waals surface area contributed by atoms with Crippen LogP contribution in [0.2, 0.25) is 0 Å². The third kappa shape index (κ3) is 3.27. The molecule has 0 aliphatic carbocycles. The van der Waals surface area contributed by atoms with E-state index in [0.29, 0.717) is 17.9 Å². The first-order chi connectivity index (χ1) is 9.53. The highest BCUT2D eigenvalue weighted by Gasteiger charge is 2.17. The molecule has 0 bridgehead atoms. The molecule has 0 radical (unpaired) electrons. The summed E-state index contributed by atoms with van der Waals surface area (Å²) in [6.07, 6.45) is 0. The highest BCUT2D eigenvalue weighted by molar-refractivity contribution is 7.92. The Morgan fingerprint density at radius 1 is 1.05 bits per heavy atom. The van der Waals surface area contributed by atoms with E-state index in [4.69, 9.17) is 0 Å². The molecular weight excluding hydrogens is 279 g/mol. The third-order valence-electron chi connectivity index (χ3n) is 2.64. The van der Waals surface area contributed by atoms with Crippen LogP contribution in [0.25, 0.3) is 0 Å². The van der Waals surface area contributed by atoms with Gasteiger partial charge in [0.1, 0.15) is 10.7 Å². The topological polar surface area (TPSA) is 58.2 Å². The van der Waals surface area contributed by atoms with Crippen LogP contribution in [0, 0.1) is 5.82 Å². The van der Waals surface area contributed by atoms with E-state index in [0.717, 1.165) is 0 Å². The standard InChI is InChI=1S/C14H15FN2O2S/c1-2-16-13-5-3-4-6-14(13)20(18,19)17-12-9-7-11(15)8-10-12/h3-10,16-17H,2H2,1H3. The van der Waals surface area contributed by atoms with Crippen molar-refractivity contribution in [1.29, 1.82) is 0 Å². The fourth-order valence-corrected chi connectivity index (χ4v) is 3.01. The monoisotopic (exact) mass is 294 g/mol. The van der Waals surface area contributed by atoms with Crippen LogP contribution in [0.5, 0.6) is 0 Å². The van der Waals surface area contributed by atoms with Crippen LogP contribution < -0.4 is 10.0 Å². The summed E-state index contributed by atoms with van der Waals surface area (Å²) in [5.74, 6) is -0.416. The lowest BCUT2D eigenvalue weighted by atomic mass is 10.3. The largest absolute Gasteiger partial charge is 0.384 e. The molecule has 0 aliphatic rings. The van der Waals surface area contributed by atoms with E-state index in [-0.39, 0.29) is 4.90 Å². The van der Waals surface area contributed by atoms with Crippen molar-refractivity contribution < 1.29 is 12.8 Å². The van der Waals surface area contributed by atoms with Crippen LogP contribution >= 0.6 is 0 Å². The first-order valence-electron chi connectivity index (χ1n) is 6.14. The van der Waals surface area contributed by atoms with E-state index in [9.17, 15) is 12.8 Å². The lowest BCUT2D eigenvalue weighted by Crippen LogP contribution is -2.15. The molecule has 6 heteroatoms. The van der Waals surface area contributed by atoms with Crippen molar-refractivity contribution in [2.24, 2.45) is 0 Å². The predicted molar refractivity (Wildman–Crippen MR) is 77.8 cm³/mol. The summed E-state index contributed by atoms with van der Waals surface area (Å²) in [4.78, 5) is 0.158. The minimum atomic E-state index is -3.71. The van der Waals surface area contributed by atoms with E-state index >= 15 is 0 Å². The van der Waals surface area contributed by atoms with Gasteiger partial charge in [0.2, 0.25) is 0 Å². The summed E-state index contributed by atoms with van der Waals surface area (Å²) in [6.45, 7) is 2.50. The smallest absolute Gasteiger partial charge is 0.263 e. The molecule has 0 amide bonds. The van der Waals surface area contributed by atoms with Gasteiger partial charge >= 0.3 is 0 Å². The number of para-hydroxylation sites is 1. The SMILES string of the molecule is CCNc1ccccc1S(=O)(=O)Nc1ccc(F)cc1. The van der Waals surface area contributed by atoms with E-state index in [1.54, 1.807) is 18.2 Å². The Balaban J connectivity index is 2.33. The van der Waals surface area contributed by atoms with Gasteiger partial charge in [-0.15, -0.1) is 0 Å². The van der Waals surface area contributed by atoms with Crippen LogP contribution in [-0.4, -0.2) is 15.0 Å². The van der Waals surface area contributed by atoms with Gasteiger partial charge in [-0.2, -0.15) is 0 Å². The number of halogens is 1. The molecule has 0 saturated carbocycles. The molecule has 0 saturated heterocycles. The molecule has 0 heterocycles. The van der Waals surface area contributed by atoms with Crippen molar-refractivity contribution in [3.63, 3.8) is 0 Å². The fourth-order valence-electron chi connectivity index (χ4n) is 1.77. The second-order valence-electron chi connectivity index (χ2n) is 4.14. The highest BCUT2D eigenvalue weighted by Crippen LogP contribution is 2.23. The molecule has 2 rings (SSSR count). The average molecular weight is 294 g/mol. The fraction of sp³-hybridized carbons (Fsp3) is 0.143. The van der Waals surface area contributed by atoms with Crippen molar-refractivity contribution in [2.75, 3.05) is 16.6 Å². The summed E-state index contributed by atoms with van der Waals surface area (Å²) in [6, 6.07) is 11.8. The molecule has 2 N–H and O–H groups in total. The van der Waals surface area contributed by atoms with Gasteiger partial charge in [0.05, 0.1) is 5.69 Å². The Morgan fingerprint density at radius 3 is 2.35 bits per heavy atom. The number of benzene rings is 2. The lowest BCUT2D eigenvalue weighted by molar-refractivity contribution is 0.601. The molecular formula is C14H15FN2O2S. The van der Waals surface area contributed by atoms with Gasteiger partial charge in [-0.25, -0.2) is 12.8 Å². The first-order valence-corrected chi connectivity index (χ1v) is 7.62. The number of nitrogens with one attached hydrogen (secondary N) is 2. The van der Waals surface area contributed by atoms with Crippen LogP contribution in [0.1, 0.15) is 6.92 Å². The molecule has 0 spiro atoms. The molecule has 0 atom stereocenters. The second-order valence-corrected chi connectivity index (χ2v) is 5.79. The first kappa shape index (κ1) is 14.3. The Bertz CT molecular complexity index is 685. The van der Waals surface area contributed by atoms with Gasteiger partial charge in [0.25, 0.3) is 10.0 Å². The van der Waals surface area contributed by atoms with Gasteiger partial charge in [0.15, 0.2) is 0 Å². The van der Waals surface area contributed by atoms with E-state index < -0.39 is 15.8 Å². The minimum Gasteiger partial charge on any atom is -0.384 e. The molecule has 0 aliphatic heterocycles. The maximum Gasteiger partial charge on any atom is 0.263 e. The van der Waals surface area contributed by atoms with Gasteiger partial charge in [-0.1, -0.05) is 12.1 Å². The second kappa shape index (κ2) is 5.92. The van der Waals surface area contributed by atoms with Gasteiger partial charge in [-0.3, -0.25) is 4.72 Å². The number of anilines is 2. The Morgan fingerprint density at radius 2 is 1.70 bits per heavy atom. The predicted octanol–water partition coefficient (Wildman–Crippen LogP) is 3.06. The Labute approximate surface area is 117 Å². The Hall–Kier alpha value is -2.08. The molecule has 2 aromatic carbocycles. The zero-order valence-corrected chi connectivity index (χ0v) is 11.7. The molecule has 106 valence electrons. The number of hydrogen-bond acceptors (Lipinski definition) is 3. The molecule has 0 aromatic heterocycles. The van der Waals surface area contributed by atoms with Crippen LogP contribution in [0.15, 0.2) is 53.4 Å². The average Bonchev–Trinajstić information content (AvgIpc) is 2.42. The summed E-state index contributed by atoms with van der Waals surface area (Å²) < 4.78 is 39.9. The maximum atomic E-state index is 12.8. The molecule has 20 heavy (non-hydrogen) atoms. The summed E-state index contributed by atoms with van der Waals surface area (Å²) in [5, 5.41) is 3.00. The van der Waals surface area contributed by atoms with Gasteiger partial charge < -0.3 is 5.32 Å². The molecule has 0 unspecified atom stereocenters. The minimum absolute atomic E-state index is 0.158. The zero-order chi connectivity index (χ0) is 14.6. The van der Waals surface area contributed by atoms with Gasteiger partial charge in [0, 0.05) is 12.2 Å². The van der Waals surface area contributed by atoms with Crippen molar-refractivity contribution in [3.05, 3.63) is 54.3 Å². The van der Waals surface area contributed by atoms with Crippen molar-refractivity contribution in [3.8, 4) is 0 Å². The summed E-state index contributed by atoms with van der Waals surface area (Å²) in [7, 11) is -3.71. The quantitative estimate of drug-likeness (QED) is 0.891. The lowest BCUT2D eigenvalue weighted by Gasteiger charge is -2.12. The summed E-state index contributed by atoms with van der Waals surface area (Å²) in [5.41, 5.74) is 0.849. The van der Waals surface area contributed by atoms with Gasteiger partial charge in [-0.05, 0) is 43.3 Å². The normalized spacial score (nSPS) is 11.1. The van der Waals surface area contributed by atoms with Crippen molar-refractivity contribution in [2.45, 2.75) is 11.8 Å².